The number of rotatable bonds is 3. The first-order chi connectivity index (χ1) is 9.51. The highest BCUT2D eigenvalue weighted by Crippen LogP contribution is 2.27. The van der Waals surface area contributed by atoms with E-state index in [4.69, 9.17) is 29.0 Å². The van der Waals surface area contributed by atoms with E-state index in [1.807, 2.05) is 0 Å². The molecule has 0 aliphatic carbocycles. The number of aromatic nitrogens is 1. The fourth-order valence-corrected chi connectivity index (χ4v) is 2.18. The Labute approximate surface area is 133 Å². The number of anilines is 2. The summed E-state index contributed by atoms with van der Waals surface area (Å²) in [7, 11) is 0. The lowest BCUT2D eigenvalue weighted by Crippen LogP contribution is -2.18. The lowest BCUT2D eigenvalue weighted by Gasteiger charge is -2.10. The molecule has 0 radical (unpaired) electrons. The second kappa shape index (κ2) is 6.41. The molecule has 0 aliphatic heterocycles. The van der Waals surface area contributed by atoms with Crippen molar-refractivity contribution in [2.75, 3.05) is 10.7 Å². The van der Waals surface area contributed by atoms with Gasteiger partial charge in [0.25, 0.3) is 5.91 Å². The summed E-state index contributed by atoms with van der Waals surface area (Å²) in [5.41, 5.74) is 3.05. The van der Waals surface area contributed by atoms with Crippen LogP contribution in [0.4, 0.5) is 11.5 Å². The van der Waals surface area contributed by atoms with E-state index < -0.39 is 5.91 Å². The molecule has 0 bridgehead atoms. The van der Waals surface area contributed by atoms with Crippen molar-refractivity contribution in [3.05, 3.63) is 50.5 Å². The molecule has 8 heteroatoms. The van der Waals surface area contributed by atoms with Crippen molar-refractivity contribution in [3.8, 4) is 0 Å². The number of carbonyl (C=O) groups is 1. The number of hydrogen-bond donors (Lipinski definition) is 3. The van der Waals surface area contributed by atoms with Gasteiger partial charge in [0.05, 0.1) is 16.3 Å². The maximum Gasteiger partial charge on any atom is 0.259 e. The van der Waals surface area contributed by atoms with Crippen LogP contribution in [-0.4, -0.2) is 10.9 Å². The Morgan fingerprint density at radius 2 is 2.05 bits per heavy atom. The summed E-state index contributed by atoms with van der Waals surface area (Å²) in [6.07, 6.45) is 1.53. The third kappa shape index (κ3) is 3.40. The summed E-state index contributed by atoms with van der Waals surface area (Å²) in [6.45, 7) is 0. The molecule has 0 spiro atoms. The number of pyridine rings is 1. The summed E-state index contributed by atoms with van der Waals surface area (Å²) in [4.78, 5) is 16.2. The zero-order valence-electron chi connectivity index (χ0n) is 9.95. The number of benzene rings is 1. The number of nitrogens with zero attached hydrogens (tertiary/aromatic N) is 1. The molecule has 20 heavy (non-hydrogen) atoms. The van der Waals surface area contributed by atoms with E-state index >= 15 is 0 Å². The summed E-state index contributed by atoms with van der Waals surface area (Å²) in [5, 5.41) is 3.51. The number of carbonyl (C=O) groups excluding carboxylic acids is 1. The van der Waals surface area contributed by atoms with Gasteiger partial charge < -0.3 is 10.7 Å². The van der Waals surface area contributed by atoms with Gasteiger partial charge in [-0.2, -0.15) is 0 Å². The minimum Gasteiger partial charge on any atom is -0.320 e. The Kier molecular flexibility index (Phi) is 4.82. The van der Waals surface area contributed by atoms with Crippen molar-refractivity contribution < 1.29 is 4.79 Å². The highest BCUT2D eigenvalue weighted by atomic mass is 79.9. The van der Waals surface area contributed by atoms with Gasteiger partial charge in [0, 0.05) is 15.7 Å². The average Bonchev–Trinajstić information content (AvgIpc) is 2.42. The van der Waals surface area contributed by atoms with Crippen LogP contribution in [-0.2, 0) is 0 Å². The first-order valence-electron chi connectivity index (χ1n) is 5.40. The van der Waals surface area contributed by atoms with E-state index in [1.165, 1.54) is 6.20 Å². The van der Waals surface area contributed by atoms with E-state index in [1.54, 1.807) is 24.3 Å². The molecule has 0 aliphatic rings. The zero-order chi connectivity index (χ0) is 14.7. The number of halogens is 3. The van der Waals surface area contributed by atoms with E-state index in [0.717, 1.165) is 0 Å². The monoisotopic (exact) mass is 374 g/mol. The van der Waals surface area contributed by atoms with Crippen LogP contribution in [0.15, 0.2) is 34.9 Å². The Morgan fingerprint density at radius 3 is 2.75 bits per heavy atom. The van der Waals surface area contributed by atoms with Crippen LogP contribution < -0.4 is 16.6 Å². The van der Waals surface area contributed by atoms with Crippen molar-refractivity contribution in [1.29, 1.82) is 0 Å². The van der Waals surface area contributed by atoms with Crippen molar-refractivity contribution >= 4 is 56.5 Å². The molecule has 0 saturated carbocycles. The molecule has 2 aromatic rings. The van der Waals surface area contributed by atoms with Crippen molar-refractivity contribution in [1.82, 2.24) is 4.98 Å². The van der Waals surface area contributed by atoms with Gasteiger partial charge in [0.1, 0.15) is 0 Å². The number of hydrogen-bond acceptors (Lipinski definition) is 4. The van der Waals surface area contributed by atoms with Gasteiger partial charge in [-0.15, -0.1) is 0 Å². The normalized spacial score (nSPS) is 10.2. The molecule has 0 atom stereocenters. The van der Waals surface area contributed by atoms with E-state index in [-0.39, 0.29) is 11.4 Å². The Hall–Kier alpha value is -1.34. The summed E-state index contributed by atoms with van der Waals surface area (Å²) in [5.74, 6) is 5.18. The number of nitrogens with one attached hydrogen (secondary N) is 2. The molecule has 2 rings (SSSR count). The summed E-state index contributed by atoms with van der Waals surface area (Å²) >= 11 is 15.1. The van der Waals surface area contributed by atoms with Gasteiger partial charge in [0.15, 0.2) is 5.82 Å². The molecule has 4 N–H and O–H groups in total. The second-order valence-electron chi connectivity index (χ2n) is 3.77. The molecule has 104 valence electrons. The van der Waals surface area contributed by atoms with Gasteiger partial charge in [-0.05, 0) is 40.2 Å². The van der Waals surface area contributed by atoms with Gasteiger partial charge in [-0.25, -0.2) is 10.8 Å². The van der Waals surface area contributed by atoms with E-state index in [9.17, 15) is 4.79 Å². The highest BCUT2D eigenvalue weighted by Gasteiger charge is 2.14. The third-order valence-electron chi connectivity index (χ3n) is 2.41. The molecule has 0 fully saturated rings. The van der Waals surface area contributed by atoms with Crippen LogP contribution in [0.25, 0.3) is 0 Å². The predicted molar refractivity (Wildman–Crippen MR) is 84.2 cm³/mol. The first-order valence-corrected chi connectivity index (χ1v) is 6.94. The van der Waals surface area contributed by atoms with Crippen molar-refractivity contribution in [2.24, 2.45) is 5.84 Å². The Bertz CT molecular complexity index is 666. The molecule has 0 unspecified atom stereocenters. The zero-order valence-corrected chi connectivity index (χ0v) is 13.1. The van der Waals surface area contributed by atoms with Crippen molar-refractivity contribution in [3.63, 3.8) is 0 Å². The molecular weight excluding hydrogens is 367 g/mol. The van der Waals surface area contributed by atoms with Gasteiger partial charge in [-0.1, -0.05) is 23.2 Å². The maximum absolute atomic E-state index is 12.2. The molecular formula is C12H9BrCl2N4O. The molecule has 1 aromatic heterocycles. The quantitative estimate of drug-likeness (QED) is 0.564. The fourth-order valence-electron chi connectivity index (χ4n) is 1.51. The van der Waals surface area contributed by atoms with Crippen LogP contribution in [0.3, 0.4) is 0 Å². The number of nitrogens with two attached hydrogens (primary N) is 1. The van der Waals surface area contributed by atoms with Gasteiger partial charge in [0.2, 0.25) is 0 Å². The summed E-state index contributed by atoms with van der Waals surface area (Å²) in [6, 6.07) is 6.38. The van der Waals surface area contributed by atoms with Crippen molar-refractivity contribution in [2.45, 2.75) is 0 Å². The van der Waals surface area contributed by atoms with Gasteiger partial charge in [-0.3, -0.25) is 4.79 Å². The second-order valence-corrected chi connectivity index (χ2v) is 5.53. The average molecular weight is 376 g/mol. The number of hydrazine groups is 1. The number of amides is 1. The predicted octanol–water partition coefficient (Wildman–Crippen LogP) is 3.69. The molecule has 1 amide bonds. The lowest BCUT2D eigenvalue weighted by molar-refractivity contribution is 0.102. The summed E-state index contributed by atoms with van der Waals surface area (Å²) < 4.78 is 0.652. The molecule has 5 nitrogen and oxygen atoms in total. The van der Waals surface area contributed by atoms with E-state index in [2.05, 4.69) is 31.7 Å². The largest absolute Gasteiger partial charge is 0.320 e. The molecule has 1 heterocycles. The minimum absolute atomic E-state index is 0.254. The smallest absolute Gasteiger partial charge is 0.259 e. The van der Waals surface area contributed by atoms with E-state index in [0.29, 0.717) is 20.2 Å². The van der Waals surface area contributed by atoms with Crippen LogP contribution in [0.1, 0.15) is 10.4 Å². The van der Waals surface area contributed by atoms with Crippen LogP contribution >= 0.6 is 39.1 Å². The van der Waals surface area contributed by atoms with Crippen LogP contribution in [0.2, 0.25) is 10.0 Å². The maximum atomic E-state index is 12.2. The molecule has 0 saturated heterocycles. The van der Waals surface area contributed by atoms with Gasteiger partial charge >= 0.3 is 0 Å². The Balaban J connectivity index is 2.32. The van der Waals surface area contributed by atoms with Crippen LogP contribution in [0, 0.1) is 0 Å². The number of nitrogen functional groups attached to an aromatic ring is 1. The fraction of sp³-hybridized carbons (Fsp3) is 0. The standard InChI is InChI=1S/C12H9BrCl2N4O/c13-6-3-8(11(19-16)17-5-6)12(20)18-10-4-7(14)1-2-9(10)15/h1-5H,16H2,(H,17,19)(H,18,20). The SMILES string of the molecule is NNc1ncc(Br)cc1C(=O)Nc1cc(Cl)ccc1Cl. The lowest BCUT2D eigenvalue weighted by atomic mass is 10.2. The Morgan fingerprint density at radius 1 is 1.30 bits per heavy atom. The van der Waals surface area contributed by atoms with Crippen LogP contribution in [0.5, 0.6) is 0 Å². The highest BCUT2D eigenvalue weighted by molar-refractivity contribution is 9.10. The minimum atomic E-state index is -0.407. The first kappa shape index (κ1) is 15.1. The topological polar surface area (TPSA) is 80.0 Å². The third-order valence-corrected chi connectivity index (χ3v) is 3.41. The molecule has 1 aromatic carbocycles.